The molecule has 3 N–H and O–H groups in total. The van der Waals surface area contributed by atoms with Gasteiger partial charge in [0.1, 0.15) is 0 Å². The van der Waals surface area contributed by atoms with Crippen molar-refractivity contribution in [3.63, 3.8) is 0 Å². The summed E-state index contributed by atoms with van der Waals surface area (Å²) >= 11 is 0. The molecule has 0 aromatic rings. The van der Waals surface area contributed by atoms with E-state index in [0.717, 1.165) is 12.8 Å². The topological polar surface area (TPSA) is 104 Å². The Balaban J connectivity index is 1.97. The van der Waals surface area contributed by atoms with Crippen LogP contribution in [0.25, 0.3) is 0 Å². The molecule has 2 heterocycles. The molecule has 0 bridgehead atoms. The lowest BCUT2D eigenvalue weighted by Gasteiger charge is -2.13. The molecular weight excluding hydrogens is 258 g/mol. The van der Waals surface area contributed by atoms with E-state index in [4.69, 9.17) is 0 Å². The number of nitrogens with one attached hydrogen (secondary N) is 3. The summed E-state index contributed by atoms with van der Waals surface area (Å²) in [6.07, 6.45) is 2.69. The Morgan fingerprint density at radius 2 is 1.56 bits per heavy atom. The summed E-state index contributed by atoms with van der Waals surface area (Å²) in [6.45, 7) is 1.32. The smallest absolute Gasteiger partial charge is 0.299 e. The fraction of sp³-hybridized carbons (Fsp3) is 0.800. The maximum absolute atomic E-state index is 11.7. The van der Waals surface area contributed by atoms with Gasteiger partial charge in [0.05, 0.1) is 12.1 Å². The SMILES string of the molecule is O=C(NS(=O)(=O)C(=O)[C@@H]1CCCN1)[C@@H]1CCCN1. The van der Waals surface area contributed by atoms with Gasteiger partial charge in [-0.1, -0.05) is 0 Å². The summed E-state index contributed by atoms with van der Waals surface area (Å²) in [4.78, 5) is 23.4. The Morgan fingerprint density at radius 3 is 2.06 bits per heavy atom. The highest BCUT2D eigenvalue weighted by Crippen LogP contribution is 2.10. The van der Waals surface area contributed by atoms with Crippen LogP contribution in [0.5, 0.6) is 0 Å². The van der Waals surface area contributed by atoms with Gasteiger partial charge in [-0.15, -0.1) is 0 Å². The number of rotatable bonds is 2. The number of hydrogen-bond donors (Lipinski definition) is 3. The highest BCUT2D eigenvalue weighted by Gasteiger charge is 2.35. The summed E-state index contributed by atoms with van der Waals surface area (Å²) < 4.78 is 25.3. The molecule has 0 saturated carbocycles. The number of sulfonamides is 1. The second-order valence-corrected chi connectivity index (χ2v) is 6.20. The Kier molecular flexibility index (Phi) is 3.98. The van der Waals surface area contributed by atoms with Crippen LogP contribution in [-0.2, 0) is 19.6 Å². The molecule has 102 valence electrons. The zero-order chi connectivity index (χ0) is 13.2. The second-order valence-electron chi connectivity index (χ2n) is 4.59. The molecule has 2 saturated heterocycles. The van der Waals surface area contributed by atoms with E-state index in [0.29, 0.717) is 25.9 Å². The molecule has 0 aliphatic carbocycles. The normalized spacial score (nSPS) is 28.2. The van der Waals surface area contributed by atoms with Crippen LogP contribution in [0, 0.1) is 0 Å². The van der Waals surface area contributed by atoms with Crippen LogP contribution in [0.15, 0.2) is 0 Å². The lowest BCUT2D eigenvalue weighted by atomic mass is 10.2. The molecule has 8 heteroatoms. The standard InChI is InChI=1S/C10H17N3O4S/c14-9(7-3-1-5-11-7)13-18(16,17)10(15)8-4-2-6-12-8/h7-8,11-12H,1-6H2,(H,13,14)/t7-,8-/m0/s1. The van der Waals surface area contributed by atoms with Gasteiger partial charge in [0, 0.05) is 0 Å². The Morgan fingerprint density at radius 1 is 1.00 bits per heavy atom. The van der Waals surface area contributed by atoms with E-state index in [1.54, 1.807) is 0 Å². The van der Waals surface area contributed by atoms with Gasteiger partial charge in [-0.25, -0.2) is 4.72 Å². The molecule has 0 spiro atoms. The molecule has 18 heavy (non-hydrogen) atoms. The first-order chi connectivity index (χ1) is 8.50. The molecule has 0 aromatic carbocycles. The highest BCUT2D eigenvalue weighted by molar-refractivity contribution is 8.05. The molecule has 2 atom stereocenters. The van der Waals surface area contributed by atoms with Crippen molar-refractivity contribution in [3.8, 4) is 0 Å². The average molecular weight is 275 g/mol. The largest absolute Gasteiger partial charge is 0.306 e. The first-order valence-corrected chi connectivity index (χ1v) is 7.56. The van der Waals surface area contributed by atoms with Crippen molar-refractivity contribution >= 4 is 21.0 Å². The Bertz CT molecular complexity index is 436. The molecule has 7 nitrogen and oxygen atoms in total. The van der Waals surface area contributed by atoms with Crippen molar-refractivity contribution in [1.82, 2.24) is 15.4 Å². The van der Waals surface area contributed by atoms with E-state index >= 15 is 0 Å². The lowest BCUT2D eigenvalue weighted by molar-refractivity contribution is -0.121. The fourth-order valence-corrected chi connectivity index (χ4v) is 3.32. The third kappa shape index (κ3) is 2.88. The third-order valence-corrected chi connectivity index (χ3v) is 4.51. The van der Waals surface area contributed by atoms with Crippen molar-refractivity contribution in [2.24, 2.45) is 0 Å². The maximum Gasteiger partial charge on any atom is 0.299 e. The summed E-state index contributed by atoms with van der Waals surface area (Å²) in [5.41, 5.74) is 0. The summed E-state index contributed by atoms with van der Waals surface area (Å²) in [5, 5.41) is 4.76. The minimum absolute atomic E-state index is 0.496. The minimum atomic E-state index is -4.22. The predicted molar refractivity (Wildman–Crippen MR) is 64.1 cm³/mol. The van der Waals surface area contributed by atoms with Crippen LogP contribution >= 0.6 is 0 Å². The molecule has 0 aromatic heterocycles. The Hall–Kier alpha value is -0.990. The molecule has 2 aliphatic heterocycles. The van der Waals surface area contributed by atoms with Crippen LogP contribution in [0.4, 0.5) is 0 Å². The molecule has 2 rings (SSSR count). The van der Waals surface area contributed by atoms with E-state index in [2.05, 4.69) is 10.6 Å². The van der Waals surface area contributed by atoms with Gasteiger partial charge in [-0.2, -0.15) is 8.42 Å². The molecule has 1 amide bonds. The van der Waals surface area contributed by atoms with Crippen LogP contribution in [0.3, 0.4) is 0 Å². The van der Waals surface area contributed by atoms with Crippen LogP contribution < -0.4 is 15.4 Å². The zero-order valence-corrected chi connectivity index (χ0v) is 10.8. The van der Waals surface area contributed by atoms with Gasteiger partial charge >= 0.3 is 0 Å². The van der Waals surface area contributed by atoms with Crippen molar-refractivity contribution in [2.45, 2.75) is 37.8 Å². The van der Waals surface area contributed by atoms with E-state index in [9.17, 15) is 18.0 Å². The summed E-state index contributed by atoms with van der Waals surface area (Å²) in [5.74, 6) is -0.640. The van der Waals surface area contributed by atoms with Crippen molar-refractivity contribution in [2.75, 3.05) is 13.1 Å². The van der Waals surface area contributed by atoms with Gasteiger partial charge in [0.25, 0.3) is 21.0 Å². The summed E-state index contributed by atoms with van der Waals surface area (Å²) in [7, 11) is -4.22. The molecule has 2 aliphatic rings. The monoisotopic (exact) mass is 275 g/mol. The van der Waals surface area contributed by atoms with Crippen molar-refractivity contribution in [1.29, 1.82) is 0 Å². The van der Waals surface area contributed by atoms with Gasteiger partial charge in [0.2, 0.25) is 0 Å². The van der Waals surface area contributed by atoms with Gasteiger partial charge in [-0.05, 0) is 38.8 Å². The maximum atomic E-state index is 11.7. The van der Waals surface area contributed by atoms with Gasteiger partial charge in [0.15, 0.2) is 0 Å². The van der Waals surface area contributed by atoms with E-state index < -0.39 is 33.1 Å². The summed E-state index contributed by atoms with van der Waals surface area (Å²) in [6, 6.07) is -1.20. The van der Waals surface area contributed by atoms with Gasteiger partial charge < -0.3 is 10.6 Å². The predicted octanol–water partition coefficient (Wildman–Crippen LogP) is -1.54. The highest BCUT2D eigenvalue weighted by atomic mass is 32.2. The minimum Gasteiger partial charge on any atom is -0.306 e. The third-order valence-electron chi connectivity index (χ3n) is 3.22. The fourth-order valence-electron chi connectivity index (χ4n) is 2.24. The van der Waals surface area contributed by atoms with E-state index in [1.165, 1.54) is 0 Å². The number of carbonyl (C=O) groups excluding carboxylic acids is 2. The zero-order valence-electron chi connectivity index (χ0n) is 9.94. The molecule has 2 fully saturated rings. The Labute approximate surface area is 106 Å². The quantitative estimate of drug-likeness (QED) is 0.564. The van der Waals surface area contributed by atoms with E-state index in [1.807, 2.05) is 4.72 Å². The lowest BCUT2D eigenvalue weighted by Crippen LogP contribution is -2.48. The van der Waals surface area contributed by atoms with Crippen LogP contribution in [0.2, 0.25) is 0 Å². The van der Waals surface area contributed by atoms with Crippen LogP contribution in [-0.4, -0.2) is 44.6 Å². The van der Waals surface area contributed by atoms with Crippen molar-refractivity contribution < 1.29 is 18.0 Å². The number of hydrogen-bond acceptors (Lipinski definition) is 6. The van der Waals surface area contributed by atoms with Crippen molar-refractivity contribution in [3.05, 3.63) is 0 Å². The average Bonchev–Trinajstić information content (AvgIpc) is 3.00. The molecule has 0 radical (unpaired) electrons. The first-order valence-electron chi connectivity index (χ1n) is 6.08. The molecular formula is C10H17N3O4S. The second kappa shape index (κ2) is 5.33. The number of amides is 1. The first kappa shape index (κ1) is 13.4. The van der Waals surface area contributed by atoms with Gasteiger partial charge in [-0.3, -0.25) is 9.59 Å². The van der Waals surface area contributed by atoms with Crippen LogP contribution in [0.1, 0.15) is 25.7 Å². The van der Waals surface area contributed by atoms with E-state index in [-0.39, 0.29) is 0 Å². The number of carbonyl (C=O) groups is 2. The molecule has 0 unspecified atom stereocenters.